The molecule has 0 aromatic heterocycles. The number of carbonyl (C=O) groups excluding carboxylic acids is 3. The van der Waals surface area contributed by atoms with Crippen molar-refractivity contribution in [3.8, 4) is 0 Å². The molecule has 25 heavy (non-hydrogen) atoms. The Hall–Kier alpha value is -3.14. The number of imide groups is 1. The average molecular weight is 359 g/mol. The minimum atomic E-state index is -2.25. The van der Waals surface area contributed by atoms with Crippen LogP contribution in [0, 0.1) is 23.3 Å². The fourth-order valence-electron chi connectivity index (χ4n) is 2.21. The highest BCUT2D eigenvalue weighted by Gasteiger charge is 2.30. The zero-order valence-corrected chi connectivity index (χ0v) is 12.4. The van der Waals surface area contributed by atoms with Crippen molar-refractivity contribution in [2.45, 2.75) is 12.8 Å². The summed E-state index contributed by atoms with van der Waals surface area (Å²) in [4.78, 5) is 37.7. The molecular weight excluding hydrogens is 350 g/mol. The Morgan fingerprint density at radius 2 is 1.64 bits per heavy atom. The Labute approximate surface area is 137 Å². The van der Waals surface area contributed by atoms with Crippen LogP contribution in [0.5, 0.6) is 0 Å². The van der Waals surface area contributed by atoms with E-state index >= 15 is 0 Å². The molecule has 0 bridgehead atoms. The average Bonchev–Trinajstić information content (AvgIpc) is 2.90. The van der Waals surface area contributed by atoms with Crippen molar-refractivity contribution in [2.75, 3.05) is 13.1 Å². The molecule has 1 fully saturated rings. The van der Waals surface area contributed by atoms with Gasteiger partial charge in [0.05, 0.1) is 11.3 Å². The minimum absolute atomic E-state index is 0.0246. The third-order valence-corrected chi connectivity index (χ3v) is 3.39. The van der Waals surface area contributed by atoms with Crippen LogP contribution in [0.1, 0.15) is 23.2 Å². The second-order valence-corrected chi connectivity index (χ2v) is 4.86. The summed E-state index contributed by atoms with van der Waals surface area (Å²) >= 11 is 0. The highest BCUT2D eigenvalue weighted by atomic mass is 19.2. The molecule has 1 aliphatic heterocycles. The van der Waals surface area contributed by atoms with Gasteiger partial charge in [-0.25, -0.2) is 17.6 Å². The number of halogens is 4. The Morgan fingerprint density at radius 1 is 1.08 bits per heavy atom. The maximum Gasteiger partial charge on any atom is 0.255 e. The fourth-order valence-corrected chi connectivity index (χ4v) is 2.21. The van der Waals surface area contributed by atoms with Crippen molar-refractivity contribution in [2.24, 2.45) is 5.11 Å². The summed E-state index contributed by atoms with van der Waals surface area (Å²) in [5, 5.41) is 4.70. The molecule has 0 spiro atoms. The molecule has 3 amide bonds. The predicted octanol–water partition coefficient (Wildman–Crippen LogP) is 2.06. The number of benzene rings is 1. The van der Waals surface area contributed by atoms with Gasteiger partial charge in [-0.2, -0.15) is 0 Å². The Kier molecular flexibility index (Phi) is 5.22. The molecule has 2 rings (SSSR count). The van der Waals surface area contributed by atoms with Crippen molar-refractivity contribution in [1.82, 2.24) is 10.2 Å². The molecular formula is C13H9F4N5O3. The van der Waals surface area contributed by atoms with Gasteiger partial charge >= 0.3 is 0 Å². The molecule has 0 saturated carbocycles. The van der Waals surface area contributed by atoms with Crippen LogP contribution in [0.3, 0.4) is 0 Å². The standard InChI is InChI=1S/C13H9F4N5O3/c14-8-7(12(20-21-18)11(17)10(16)9(8)15)13(25)19-3-4-22-5(23)1-2-6(22)24/h1-4H2,(H,19,25). The van der Waals surface area contributed by atoms with Gasteiger partial charge in [-0.3, -0.25) is 19.3 Å². The SMILES string of the molecule is [N-]=[N+]=Nc1c(F)c(F)c(F)c(F)c1C(=O)NCCN1C(=O)CCC1=O. The molecule has 1 aromatic rings. The number of nitrogens with zero attached hydrogens (tertiary/aromatic N) is 4. The van der Waals surface area contributed by atoms with E-state index in [0.717, 1.165) is 4.90 Å². The molecule has 1 saturated heterocycles. The molecule has 8 nitrogen and oxygen atoms in total. The van der Waals surface area contributed by atoms with Crippen LogP contribution in [0.4, 0.5) is 23.2 Å². The van der Waals surface area contributed by atoms with E-state index < -0.39 is 52.2 Å². The second-order valence-electron chi connectivity index (χ2n) is 4.86. The summed E-state index contributed by atoms with van der Waals surface area (Å²) < 4.78 is 53.9. The topological polar surface area (TPSA) is 115 Å². The Morgan fingerprint density at radius 3 is 2.20 bits per heavy atom. The Balaban J connectivity index is 2.23. The molecule has 0 atom stereocenters. The normalized spacial score (nSPS) is 13.8. The fraction of sp³-hybridized carbons (Fsp3) is 0.308. The van der Waals surface area contributed by atoms with Gasteiger partial charge in [-0.1, -0.05) is 5.11 Å². The molecule has 12 heteroatoms. The lowest BCUT2D eigenvalue weighted by atomic mass is 10.1. The lowest BCUT2D eigenvalue weighted by molar-refractivity contribution is -0.138. The number of amides is 3. The first kappa shape index (κ1) is 18.2. The Bertz CT molecular complexity index is 807. The van der Waals surface area contributed by atoms with Crippen molar-refractivity contribution in [3.63, 3.8) is 0 Å². The van der Waals surface area contributed by atoms with Crippen molar-refractivity contribution in [3.05, 3.63) is 39.3 Å². The van der Waals surface area contributed by atoms with Gasteiger partial charge in [-0.15, -0.1) is 0 Å². The summed E-state index contributed by atoms with van der Waals surface area (Å²) in [5.41, 5.74) is 5.65. The smallest absolute Gasteiger partial charge is 0.255 e. The van der Waals surface area contributed by atoms with Gasteiger partial charge in [0.2, 0.25) is 11.8 Å². The molecule has 1 N–H and O–H groups in total. The van der Waals surface area contributed by atoms with Gasteiger partial charge < -0.3 is 5.32 Å². The van der Waals surface area contributed by atoms with Gasteiger partial charge in [0.25, 0.3) is 5.91 Å². The van der Waals surface area contributed by atoms with E-state index in [1.165, 1.54) is 0 Å². The number of likely N-dealkylation sites (tertiary alicyclic amines) is 1. The quantitative estimate of drug-likeness (QED) is 0.165. The summed E-state index contributed by atoms with van der Waals surface area (Å²) in [6.07, 6.45) is 0.0493. The van der Waals surface area contributed by atoms with Crippen molar-refractivity contribution < 1.29 is 31.9 Å². The summed E-state index contributed by atoms with van der Waals surface area (Å²) in [6.45, 7) is -0.597. The van der Waals surface area contributed by atoms with Crippen molar-refractivity contribution >= 4 is 23.4 Å². The maximum atomic E-state index is 13.8. The number of hydrogen-bond acceptors (Lipinski definition) is 4. The molecule has 132 valence electrons. The molecule has 1 aliphatic rings. The third kappa shape index (κ3) is 3.38. The summed E-state index contributed by atoms with van der Waals surface area (Å²) in [6, 6.07) is 0. The first-order chi connectivity index (χ1) is 11.8. The van der Waals surface area contributed by atoms with Crippen LogP contribution in [0.2, 0.25) is 0 Å². The molecule has 1 heterocycles. The van der Waals surface area contributed by atoms with E-state index in [1.807, 2.05) is 5.32 Å². The number of rotatable bonds is 5. The van der Waals surface area contributed by atoms with Gasteiger partial charge in [0, 0.05) is 30.8 Å². The van der Waals surface area contributed by atoms with Crippen LogP contribution in [-0.2, 0) is 9.59 Å². The van der Waals surface area contributed by atoms with Crippen LogP contribution in [-0.4, -0.2) is 35.7 Å². The van der Waals surface area contributed by atoms with Crippen LogP contribution in [0.15, 0.2) is 5.11 Å². The van der Waals surface area contributed by atoms with E-state index in [2.05, 4.69) is 10.0 Å². The number of nitrogens with one attached hydrogen (secondary N) is 1. The van der Waals surface area contributed by atoms with E-state index in [-0.39, 0.29) is 25.9 Å². The largest absolute Gasteiger partial charge is 0.350 e. The third-order valence-electron chi connectivity index (χ3n) is 3.39. The van der Waals surface area contributed by atoms with Crippen LogP contribution < -0.4 is 5.32 Å². The van der Waals surface area contributed by atoms with E-state index in [0.29, 0.717) is 0 Å². The van der Waals surface area contributed by atoms with Crippen LogP contribution in [0.25, 0.3) is 10.4 Å². The molecule has 0 radical (unpaired) electrons. The van der Waals surface area contributed by atoms with E-state index in [4.69, 9.17) is 5.53 Å². The highest BCUT2D eigenvalue weighted by Crippen LogP contribution is 2.31. The first-order valence-corrected chi connectivity index (χ1v) is 6.82. The van der Waals surface area contributed by atoms with Crippen LogP contribution >= 0.6 is 0 Å². The predicted molar refractivity (Wildman–Crippen MR) is 73.4 cm³/mol. The van der Waals surface area contributed by atoms with E-state index in [9.17, 15) is 31.9 Å². The first-order valence-electron chi connectivity index (χ1n) is 6.82. The zero-order valence-electron chi connectivity index (χ0n) is 12.4. The zero-order chi connectivity index (χ0) is 18.7. The van der Waals surface area contributed by atoms with Gasteiger partial charge in [0.15, 0.2) is 23.3 Å². The number of hydrogen-bond donors (Lipinski definition) is 1. The minimum Gasteiger partial charge on any atom is -0.350 e. The lowest BCUT2D eigenvalue weighted by Crippen LogP contribution is -2.38. The monoisotopic (exact) mass is 359 g/mol. The summed E-state index contributed by atoms with van der Waals surface area (Å²) in [5.74, 6) is -10.9. The maximum absolute atomic E-state index is 13.8. The highest BCUT2D eigenvalue weighted by molar-refractivity contribution is 6.02. The number of carbonyl (C=O) groups is 3. The van der Waals surface area contributed by atoms with E-state index in [1.54, 1.807) is 0 Å². The van der Waals surface area contributed by atoms with Gasteiger partial charge in [-0.05, 0) is 5.53 Å². The van der Waals surface area contributed by atoms with Gasteiger partial charge in [0.1, 0.15) is 0 Å². The lowest BCUT2D eigenvalue weighted by Gasteiger charge is -2.15. The molecule has 0 unspecified atom stereocenters. The molecule has 0 aliphatic carbocycles. The van der Waals surface area contributed by atoms with Crippen molar-refractivity contribution in [1.29, 1.82) is 0 Å². The second kappa shape index (κ2) is 7.18. The number of azide groups is 1. The summed E-state index contributed by atoms with van der Waals surface area (Å²) in [7, 11) is 0. The molecule has 1 aromatic carbocycles.